The van der Waals surface area contributed by atoms with E-state index in [4.69, 9.17) is 9.26 Å². The van der Waals surface area contributed by atoms with Gasteiger partial charge in [-0.3, -0.25) is 19.1 Å². The molecule has 9 heteroatoms. The fraction of sp³-hybridized carbons (Fsp3) is 0.240. The molecule has 34 heavy (non-hydrogen) atoms. The summed E-state index contributed by atoms with van der Waals surface area (Å²) >= 11 is 0. The van der Waals surface area contributed by atoms with E-state index in [0.29, 0.717) is 11.5 Å². The van der Waals surface area contributed by atoms with Crippen molar-refractivity contribution in [1.82, 2.24) is 19.7 Å². The average molecular weight is 460 g/mol. The molecular weight excluding hydrogens is 434 g/mol. The molecule has 0 saturated heterocycles. The quantitative estimate of drug-likeness (QED) is 0.370. The van der Waals surface area contributed by atoms with Crippen LogP contribution in [0.25, 0.3) is 0 Å². The van der Waals surface area contributed by atoms with Gasteiger partial charge in [0.1, 0.15) is 6.26 Å². The van der Waals surface area contributed by atoms with Crippen LogP contribution in [0.5, 0.6) is 5.75 Å². The molecule has 0 aliphatic heterocycles. The van der Waals surface area contributed by atoms with Gasteiger partial charge < -0.3 is 14.2 Å². The normalized spacial score (nSPS) is 11.8. The molecule has 0 spiro atoms. The number of benzene rings is 1. The average Bonchev–Trinajstić information content (AvgIpc) is 3.35. The van der Waals surface area contributed by atoms with Gasteiger partial charge in [0.2, 0.25) is 11.7 Å². The van der Waals surface area contributed by atoms with Crippen LogP contribution < -0.4 is 15.2 Å². The molecule has 0 fully saturated rings. The molecule has 0 bridgehead atoms. The summed E-state index contributed by atoms with van der Waals surface area (Å²) < 4.78 is 11.5. The number of carbonyl (C=O) groups excluding carboxylic acids is 1. The van der Waals surface area contributed by atoms with E-state index in [9.17, 15) is 9.59 Å². The second-order valence-corrected chi connectivity index (χ2v) is 7.92. The molecule has 0 radical (unpaired) electrons. The van der Waals surface area contributed by atoms with Crippen molar-refractivity contribution in [3.8, 4) is 5.75 Å². The zero-order valence-electron chi connectivity index (χ0n) is 19.4. The van der Waals surface area contributed by atoms with Crippen molar-refractivity contribution >= 4 is 11.7 Å². The van der Waals surface area contributed by atoms with E-state index in [1.54, 1.807) is 13.2 Å². The van der Waals surface area contributed by atoms with E-state index in [1.165, 1.54) is 24.1 Å². The molecule has 0 amide bonds. The second kappa shape index (κ2) is 9.70. The van der Waals surface area contributed by atoms with Crippen molar-refractivity contribution < 1.29 is 14.1 Å². The first-order valence-electron chi connectivity index (χ1n) is 10.7. The Morgan fingerprint density at radius 1 is 1.21 bits per heavy atom. The lowest BCUT2D eigenvalue weighted by molar-refractivity contribution is 0.0984. The number of nitrogens with zero attached hydrogens (tertiary/aromatic N) is 5. The number of carbonyl (C=O) groups is 1. The maximum Gasteiger partial charge on any atom is 0.297 e. The minimum absolute atomic E-state index is 0.0232. The van der Waals surface area contributed by atoms with Crippen molar-refractivity contribution in [1.29, 1.82) is 0 Å². The van der Waals surface area contributed by atoms with Crippen molar-refractivity contribution in [3.63, 3.8) is 0 Å². The summed E-state index contributed by atoms with van der Waals surface area (Å²) in [6.45, 7) is 1.99. The fourth-order valence-electron chi connectivity index (χ4n) is 3.94. The van der Waals surface area contributed by atoms with Gasteiger partial charge in [-0.1, -0.05) is 41.6 Å². The largest absolute Gasteiger partial charge is 0.489 e. The van der Waals surface area contributed by atoms with Crippen LogP contribution in [0.15, 0.2) is 70.4 Å². The van der Waals surface area contributed by atoms with Crippen LogP contribution in [0.1, 0.15) is 38.9 Å². The number of aryl methyl sites for hydroxylation is 1. The molecule has 0 N–H and O–H groups in total. The van der Waals surface area contributed by atoms with E-state index in [-0.39, 0.29) is 29.7 Å². The van der Waals surface area contributed by atoms with Crippen molar-refractivity contribution in [3.05, 3.63) is 99.6 Å². The molecule has 174 valence electrons. The van der Waals surface area contributed by atoms with E-state index in [0.717, 1.165) is 16.8 Å². The number of aromatic nitrogens is 4. The van der Waals surface area contributed by atoms with Gasteiger partial charge in [0, 0.05) is 32.3 Å². The number of methoxy groups -OCH3 is 1. The van der Waals surface area contributed by atoms with Gasteiger partial charge in [0.15, 0.2) is 11.5 Å². The molecular formula is C25H25N5O4. The third-order valence-corrected chi connectivity index (χ3v) is 5.67. The van der Waals surface area contributed by atoms with Crippen LogP contribution in [0, 0.1) is 6.92 Å². The molecule has 1 unspecified atom stereocenters. The minimum Gasteiger partial charge on any atom is -0.489 e. The highest BCUT2D eigenvalue weighted by Crippen LogP contribution is 2.31. The van der Waals surface area contributed by atoms with Gasteiger partial charge in [-0.15, -0.1) is 0 Å². The standard InChI is InChI=1S/C25H25N5O4/c1-16-9-8-12-26-20(16)22(18-10-6-5-7-11-18)29(2)25-28-21(23(33-4)24(32)30(25)3)19(31)13-17-14-27-34-15-17/h5-12,14-15,22H,13H2,1-4H3. The van der Waals surface area contributed by atoms with Gasteiger partial charge in [0.05, 0.1) is 25.0 Å². The number of ketones is 1. The molecule has 3 aromatic heterocycles. The van der Waals surface area contributed by atoms with Crippen LogP contribution in [-0.2, 0) is 13.5 Å². The Bertz CT molecular complexity index is 1350. The SMILES string of the molecule is COc1c(C(=O)Cc2cnoc2)nc(N(C)C(c2ccccc2)c2ncccc2C)n(C)c1=O. The number of pyridine rings is 1. The summed E-state index contributed by atoms with van der Waals surface area (Å²) in [4.78, 5) is 37.4. The summed E-state index contributed by atoms with van der Waals surface area (Å²) in [5.41, 5.74) is 2.85. The minimum atomic E-state index is -0.461. The Morgan fingerprint density at radius 2 is 1.97 bits per heavy atom. The van der Waals surface area contributed by atoms with Gasteiger partial charge >= 0.3 is 0 Å². The predicted octanol–water partition coefficient (Wildman–Crippen LogP) is 3.13. The Balaban J connectivity index is 1.86. The second-order valence-electron chi connectivity index (χ2n) is 7.92. The Labute approximate surface area is 196 Å². The number of anilines is 1. The highest BCUT2D eigenvalue weighted by atomic mass is 16.5. The number of ether oxygens (including phenoxy) is 1. The van der Waals surface area contributed by atoms with Gasteiger partial charge in [-0.2, -0.15) is 0 Å². The first-order valence-corrected chi connectivity index (χ1v) is 10.7. The topological polar surface area (TPSA) is 103 Å². The number of hydrogen-bond acceptors (Lipinski definition) is 8. The molecule has 3 heterocycles. The highest BCUT2D eigenvalue weighted by Gasteiger charge is 2.29. The van der Waals surface area contributed by atoms with E-state index in [2.05, 4.69) is 15.1 Å². The maximum atomic E-state index is 13.2. The Kier molecular flexibility index (Phi) is 6.53. The molecule has 0 saturated carbocycles. The third kappa shape index (κ3) is 4.32. The Morgan fingerprint density at radius 3 is 2.62 bits per heavy atom. The predicted molar refractivity (Wildman–Crippen MR) is 126 cm³/mol. The summed E-state index contributed by atoms with van der Waals surface area (Å²) in [7, 11) is 4.78. The zero-order valence-corrected chi connectivity index (χ0v) is 19.4. The molecule has 1 atom stereocenters. The Hall–Kier alpha value is -4.27. The highest BCUT2D eigenvalue weighted by molar-refractivity contribution is 5.98. The van der Waals surface area contributed by atoms with Crippen LogP contribution in [-0.4, -0.2) is 39.6 Å². The van der Waals surface area contributed by atoms with Gasteiger partial charge in [-0.05, 0) is 24.1 Å². The van der Waals surface area contributed by atoms with Crippen molar-refractivity contribution in [2.24, 2.45) is 7.05 Å². The van der Waals surface area contributed by atoms with E-state index < -0.39 is 5.56 Å². The van der Waals surface area contributed by atoms with Crippen LogP contribution in [0.2, 0.25) is 0 Å². The lowest BCUT2D eigenvalue weighted by Gasteiger charge is -2.31. The van der Waals surface area contributed by atoms with Gasteiger partial charge in [0.25, 0.3) is 5.56 Å². The maximum absolute atomic E-state index is 13.2. The monoisotopic (exact) mass is 459 g/mol. The molecule has 4 aromatic rings. The lowest BCUT2D eigenvalue weighted by atomic mass is 9.99. The number of rotatable bonds is 8. The van der Waals surface area contributed by atoms with Gasteiger partial charge in [-0.25, -0.2) is 4.98 Å². The van der Waals surface area contributed by atoms with E-state index >= 15 is 0 Å². The summed E-state index contributed by atoms with van der Waals surface area (Å²) in [6.07, 6.45) is 4.55. The molecule has 0 aliphatic carbocycles. The van der Waals surface area contributed by atoms with Crippen LogP contribution >= 0.6 is 0 Å². The van der Waals surface area contributed by atoms with Crippen LogP contribution in [0.4, 0.5) is 5.95 Å². The fourth-order valence-corrected chi connectivity index (χ4v) is 3.94. The molecule has 1 aromatic carbocycles. The first kappa shape index (κ1) is 22.9. The lowest BCUT2D eigenvalue weighted by Crippen LogP contribution is -2.35. The summed E-state index contributed by atoms with van der Waals surface area (Å²) in [5, 5.41) is 3.63. The molecule has 9 nitrogen and oxygen atoms in total. The van der Waals surface area contributed by atoms with Crippen molar-refractivity contribution in [2.45, 2.75) is 19.4 Å². The third-order valence-electron chi connectivity index (χ3n) is 5.67. The summed E-state index contributed by atoms with van der Waals surface area (Å²) in [6, 6.07) is 13.3. The number of Topliss-reactive ketones (excluding diaryl/α,β-unsaturated/α-hetero) is 1. The molecule has 4 rings (SSSR count). The smallest absolute Gasteiger partial charge is 0.297 e. The van der Waals surface area contributed by atoms with E-state index in [1.807, 2.05) is 61.3 Å². The number of hydrogen-bond donors (Lipinski definition) is 0. The first-order chi connectivity index (χ1) is 16.4. The summed E-state index contributed by atoms with van der Waals surface area (Å²) in [5.74, 6) is -0.178. The van der Waals surface area contributed by atoms with Crippen molar-refractivity contribution in [2.75, 3.05) is 19.1 Å². The zero-order chi connectivity index (χ0) is 24.2. The van der Waals surface area contributed by atoms with Crippen LogP contribution in [0.3, 0.4) is 0 Å². The molecule has 0 aliphatic rings.